The number of hydrogen-bond donors (Lipinski definition) is 1. The molecule has 0 amide bonds. The second-order valence-electron chi connectivity index (χ2n) is 5.94. The molecule has 1 aliphatic rings. The first-order valence-electron chi connectivity index (χ1n) is 6.98. The van der Waals surface area contributed by atoms with E-state index in [0.29, 0.717) is 6.04 Å². The van der Waals surface area contributed by atoms with E-state index in [4.69, 9.17) is 0 Å². The molecule has 0 aromatic heterocycles. The first-order chi connectivity index (χ1) is 8.16. The van der Waals surface area contributed by atoms with Gasteiger partial charge in [-0.2, -0.15) is 0 Å². The highest BCUT2D eigenvalue weighted by atomic mass is 14.9. The second-order valence-corrected chi connectivity index (χ2v) is 5.94. The largest absolute Gasteiger partial charge is 0.382 e. The fraction of sp³-hybridized carbons (Fsp3) is 0.625. The fourth-order valence-corrected chi connectivity index (χ4v) is 3.12. The van der Waals surface area contributed by atoms with Gasteiger partial charge in [0.2, 0.25) is 0 Å². The van der Waals surface area contributed by atoms with Gasteiger partial charge < -0.3 is 5.32 Å². The molecule has 1 nitrogen and oxygen atoms in total. The lowest BCUT2D eigenvalue weighted by Crippen LogP contribution is -2.37. The summed E-state index contributed by atoms with van der Waals surface area (Å²) < 4.78 is 0. The van der Waals surface area contributed by atoms with Gasteiger partial charge in [0.1, 0.15) is 0 Å². The zero-order valence-corrected chi connectivity index (χ0v) is 11.3. The normalized spacial score (nSPS) is 29.3. The molecule has 2 rings (SSSR count). The van der Waals surface area contributed by atoms with E-state index in [9.17, 15) is 0 Å². The van der Waals surface area contributed by atoms with Crippen LogP contribution >= 0.6 is 0 Å². The number of rotatable bonds is 3. The third kappa shape index (κ3) is 3.24. The highest BCUT2D eigenvalue weighted by molar-refractivity contribution is 5.43. The van der Waals surface area contributed by atoms with Gasteiger partial charge in [0.05, 0.1) is 0 Å². The van der Waals surface area contributed by atoms with Crippen molar-refractivity contribution in [3.63, 3.8) is 0 Å². The van der Waals surface area contributed by atoms with Crippen LogP contribution in [0.15, 0.2) is 30.3 Å². The molecule has 0 spiro atoms. The number of nitrogens with one attached hydrogen (secondary N) is 1. The Bertz CT molecular complexity index is 331. The van der Waals surface area contributed by atoms with E-state index in [1.165, 1.54) is 24.9 Å². The topological polar surface area (TPSA) is 12.0 Å². The Kier molecular flexibility index (Phi) is 4.09. The maximum atomic E-state index is 3.74. The van der Waals surface area contributed by atoms with E-state index < -0.39 is 0 Å². The van der Waals surface area contributed by atoms with Crippen molar-refractivity contribution < 1.29 is 0 Å². The van der Waals surface area contributed by atoms with Crippen molar-refractivity contribution in [2.24, 2.45) is 17.8 Å². The summed E-state index contributed by atoms with van der Waals surface area (Å²) in [5, 5.41) is 3.74. The molecule has 0 bridgehead atoms. The summed E-state index contributed by atoms with van der Waals surface area (Å²) in [5.41, 5.74) is 1.28. The van der Waals surface area contributed by atoms with E-state index in [1.807, 2.05) is 0 Å². The molecule has 1 aliphatic carbocycles. The third-order valence-electron chi connectivity index (χ3n) is 4.15. The van der Waals surface area contributed by atoms with Crippen LogP contribution in [-0.4, -0.2) is 6.04 Å². The van der Waals surface area contributed by atoms with Crippen molar-refractivity contribution in [1.82, 2.24) is 0 Å². The molecule has 1 saturated carbocycles. The summed E-state index contributed by atoms with van der Waals surface area (Å²) in [6.45, 7) is 7.11. The predicted molar refractivity (Wildman–Crippen MR) is 75.2 cm³/mol. The summed E-state index contributed by atoms with van der Waals surface area (Å²) in [4.78, 5) is 0. The van der Waals surface area contributed by atoms with Crippen LogP contribution in [-0.2, 0) is 0 Å². The van der Waals surface area contributed by atoms with Crippen molar-refractivity contribution in [3.05, 3.63) is 30.3 Å². The molecular formula is C16H25N. The molecular weight excluding hydrogens is 206 g/mol. The average molecular weight is 231 g/mol. The molecule has 0 saturated heterocycles. The molecule has 3 unspecified atom stereocenters. The van der Waals surface area contributed by atoms with Crippen molar-refractivity contribution in [3.8, 4) is 0 Å². The Morgan fingerprint density at radius 3 is 2.47 bits per heavy atom. The first kappa shape index (κ1) is 12.5. The second kappa shape index (κ2) is 5.57. The summed E-state index contributed by atoms with van der Waals surface area (Å²) >= 11 is 0. The predicted octanol–water partition coefficient (Wildman–Crippen LogP) is 4.56. The van der Waals surface area contributed by atoms with Gasteiger partial charge in [-0.15, -0.1) is 0 Å². The van der Waals surface area contributed by atoms with Crippen LogP contribution in [0.1, 0.15) is 40.0 Å². The van der Waals surface area contributed by atoms with Crippen LogP contribution in [0, 0.1) is 17.8 Å². The van der Waals surface area contributed by atoms with Crippen LogP contribution in [0.4, 0.5) is 5.69 Å². The smallest absolute Gasteiger partial charge is 0.0342 e. The van der Waals surface area contributed by atoms with Gasteiger partial charge >= 0.3 is 0 Å². The SMILES string of the molecule is CC1CCC(C(C)C)C(Nc2ccccc2)C1. The number of hydrogen-bond acceptors (Lipinski definition) is 1. The van der Waals surface area contributed by atoms with Gasteiger partial charge in [0, 0.05) is 11.7 Å². The first-order valence-corrected chi connectivity index (χ1v) is 6.98. The minimum absolute atomic E-state index is 0.654. The Hall–Kier alpha value is -0.980. The zero-order valence-electron chi connectivity index (χ0n) is 11.3. The molecule has 1 N–H and O–H groups in total. The molecule has 17 heavy (non-hydrogen) atoms. The zero-order chi connectivity index (χ0) is 12.3. The van der Waals surface area contributed by atoms with Gasteiger partial charge in [0.15, 0.2) is 0 Å². The average Bonchev–Trinajstić information content (AvgIpc) is 2.30. The van der Waals surface area contributed by atoms with Gasteiger partial charge in [-0.1, -0.05) is 45.4 Å². The lowest BCUT2D eigenvalue weighted by molar-refractivity contribution is 0.212. The molecule has 0 aliphatic heterocycles. The molecule has 94 valence electrons. The molecule has 1 fully saturated rings. The molecule has 1 aromatic rings. The van der Waals surface area contributed by atoms with Crippen LogP contribution in [0.3, 0.4) is 0 Å². The van der Waals surface area contributed by atoms with E-state index in [0.717, 1.165) is 17.8 Å². The van der Waals surface area contributed by atoms with Crippen molar-refractivity contribution in [1.29, 1.82) is 0 Å². The van der Waals surface area contributed by atoms with Crippen molar-refractivity contribution in [2.45, 2.75) is 46.1 Å². The standard InChI is InChI=1S/C16H25N/c1-12(2)15-10-9-13(3)11-16(15)17-14-7-5-4-6-8-14/h4-8,12-13,15-17H,9-11H2,1-3H3. The minimum Gasteiger partial charge on any atom is -0.382 e. The Morgan fingerprint density at radius 2 is 1.82 bits per heavy atom. The summed E-state index contributed by atoms with van der Waals surface area (Å²) in [6, 6.07) is 11.3. The number of para-hydroxylation sites is 1. The van der Waals surface area contributed by atoms with Crippen molar-refractivity contribution >= 4 is 5.69 Å². The molecule has 3 atom stereocenters. The van der Waals surface area contributed by atoms with E-state index in [2.05, 4.69) is 56.4 Å². The molecule has 0 radical (unpaired) electrons. The van der Waals surface area contributed by atoms with Gasteiger partial charge in [-0.05, 0) is 42.7 Å². The maximum absolute atomic E-state index is 3.74. The Balaban J connectivity index is 2.05. The third-order valence-corrected chi connectivity index (χ3v) is 4.15. The van der Waals surface area contributed by atoms with Crippen LogP contribution < -0.4 is 5.32 Å². The number of benzene rings is 1. The van der Waals surface area contributed by atoms with Crippen LogP contribution in [0.25, 0.3) is 0 Å². The number of anilines is 1. The van der Waals surface area contributed by atoms with Gasteiger partial charge in [-0.3, -0.25) is 0 Å². The fourth-order valence-electron chi connectivity index (χ4n) is 3.12. The minimum atomic E-state index is 0.654. The van der Waals surface area contributed by atoms with Crippen LogP contribution in [0.2, 0.25) is 0 Å². The van der Waals surface area contributed by atoms with Crippen LogP contribution in [0.5, 0.6) is 0 Å². The maximum Gasteiger partial charge on any atom is 0.0342 e. The van der Waals surface area contributed by atoms with E-state index in [1.54, 1.807) is 0 Å². The van der Waals surface area contributed by atoms with Crippen molar-refractivity contribution in [2.75, 3.05) is 5.32 Å². The molecule has 0 heterocycles. The van der Waals surface area contributed by atoms with E-state index >= 15 is 0 Å². The quantitative estimate of drug-likeness (QED) is 0.804. The van der Waals surface area contributed by atoms with E-state index in [-0.39, 0.29) is 0 Å². The summed E-state index contributed by atoms with van der Waals surface area (Å²) in [5.74, 6) is 2.47. The van der Waals surface area contributed by atoms with Gasteiger partial charge in [0.25, 0.3) is 0 Å². The Morgan fingerprint density at radius 1 is 1.12 bits per heavy atom. The Labute approximate surface area is 106 Å². The lowest BCUT2D eigenvalue weighted by Gasteiger charge is -2.38. The highest BCUT2D eigenvalue weighted by Crippen LogP contribution is 2.35. The monoisotopic (exact) mass is 231 g/mol. The highest BCUT2D eigenvalue weighted by Gasteiger charge is 2.30. The summed E-state index contributed by atoms with van der Waals surface area (Å²) in [6.07, 6.45) is 4.09. The summed E-state index contributed by atoms with van der Waals surface area (Å²) in [7, 11) is 0. The van der Waals surface area contributed by atoms with Gasteiger partial charge in [-0.25, -0.2) is 0 Å². The lowest BCUT2D eigenvalue weighted by atomic mass is 9.74. The molecule has 1 aromatic carbocycles. The molecule has 1 heteroatoms.